The van der Waals surface area contributed by atoms with Gasteiger partial charge in [0.05, 0.1) is 21.3 Å². The third kappa shape index (κ3) is 3.69. The molecule has 0 fully saturated rings. The molecule has 9 heteroatoms. The summed E-state index contributed by atoms with van der Waals surface area (Å²) in [6.07, 6.45) is 3.45. The summed E-state index contributed by atoms with van der Waals surface area (Å²) in [7, 11) is 0. The first-order valence-corrected chi connectivity index (χ1v) is 10.4. The van der Waals surface area contributed by atoms with Crippen LogP contribution in [-0.2, 0) is 0 Å². The molecule has 0 saturated carbocycles. The Morgan fingerprint density at radius 3 is 2.34 bits per heavy atom. The van der Waals surface area contributed by atoms with Crippen LogP contribution in [0, 0.1) is 5.82 Å². The lowest BCUT2D eigenvalue weighted by Gasteiger charge is -2.08. The van der Waals surface area contributed by atoms with E-state index in [2.05, 4.69) is 15.0 Å². The average molecular weight is 447 g/mol. The van der Waals surface area contributed by atoms with E-state index in [1.165, 1.54) is 23.9 Å². The first kappa shape index (κ1) is 19.7. The minimum atomic E-state index is -0.375. The zero-order valence-corrected chi connectivity index (χ0v) is 17.3. The van der Waals surface area contributed by atoms with Crippen molar-refractivity contribution in [3.8, 4) is 34.0 Å². The van der Waals surface area contributed by atoms with E-state index in [1.54, 1.807) is 42.6 Å². The molecule has 4 aromatic rings. The van der Waals surface area contributed by atoms with Gasteiger partial charge >= 0.3 is 0 Å². The Bertz CT molecular complexity index is 1180. The fraction of sp³-hybridized carbons (Fsp3) is 0.0500. The Hall–Kier alpha value is -2.61. The second kappa shape index (κ2) is 8.02. The van der Waals surface area contributed by atoms with Crippen LogP contribution in [0.15, 0.2) is 59.9 Å². The van der Waals surface area contributed by atoms with Gasteiger partial charge in [0, 0.05) is 11.8 Å². The molecule has 0 radical (unpaired) electrons. The van der Waals surface area contributed by atoms with Gasteiger partial charge in [-0.3, -0.25) is 0 Å². The number of imidazole rings is 1. The highest BCUT2D eigenvalue weighted by Gasteiger charge is 2.25. The summed E-state index contributed by atoms with van der Waals surface area (Å²) in [5.74, 6) is -0.223. The normalized spacial score (nSPS) is 11.0. The average Bonchev–Trinajstić information content (AvgIpc) is 3.05. The molecule has 2 aromatic heterocycles. The summed E-state index contributed by atoms with van der Waals surface area (Å²) in [5, 5.41) is 12.2. The molecular weight excluding hydrogens is 434 g/mol. The molecule has 1 N–H and O–H groups in total. The van der Waals surface area contributed by atoms with Crippen LogP contribution in [0.1, 0.15) is 0 Å². The Morgan fingerprint density at radius 2 is 1.69 bits per heavy atom. The number of thioether (sulfide) groups is 1. The van der Waals surface area contributed by atoms with Gasteiger partial charge in [0.25, 0.3) is 0 Å². The van der Waals surface area contributed by atoms with Crippen molar-refractivity contribution in [1.82, 2.24) is 19.7 Å². The Labute approximate surface area is 180 Å². The van der Waals surface area contributed by atoms with E-state index in [1.807, 2.05) is 6.26 Å². The molecule has 0 aliphatic rings. The highest BCUT2D eigenvalue weighted by molar-refractivity contribution is 7.98. The van der Waals surface area contributed by atoms with E-state index >= 15 is 0 Å². The maximum Gasteiger partial charge on any atom is 0.187 e. The molecule has 0 atom stereocenters. The summed E-state index contributed by atoms with van der Waals surface area (Å²) >= 11 is 14.0. The Balaban J connectivity index is 2.02. The van der Waals surface area contributed by atoms with Gasteiger partial charge < -0.3 is 5.21 Å². The number of aromatic nitrogens is 4. The van der Waals surface area contributed by atoms with E-state index in [9.17, 15) is 9.60 Å². The van der Waals surface area contributed by atoms with Crippen LogP contribution in [0.25, 0.3) is 34.0 Å². The maximum atomic E-state index is 13.4. The van der Waals surface area contributed by atoms with Gasteiger partial charge in [-0.25, -0.2) is 19.3 Å². The quantitative estimate of drug-likeness (QED) is 0.233. The molecule has 0 aliphatic carbocycles. The van der Waals surface area contributed by atoms with Gasteiger partial charge in [0.2, 0.25) is 0 Å². The summed E-state index contributed by atoms with van der Waals surface area (Å²) in [6.45, 7) is 0. The van der Waals surface area contributed by atoms with Crippen LogP contribution in [0.5, 0.6) is 0 Å². The molecule has 0 bridgehead atoms. The molecule has 0 unspecified atom stereocenters. The maximum absolute atomic E-state index is 13.4. The van der Waals surface area contributed by atoms with Gasteiger partial charge in [-0.1, -0.05) is 41.0 Å². The second-order valence-corrected chi connectivity index (χ2v) is 7.56. The van der Waals surface area contributed by atoms with Crippen LogP contribution in [0.2, 0.25) is 10.0 Å². The minimum Gasteiger partial charge on any atom is -0.426 e. The fourth-order valence-electron chi connectivity index (χ4n) is 2.90. The first-order valence-electron chi connectivity index (χ1n) is 8.39. The SMILES string of the molecule is CSc1nccc(-c2c(-c3ccc(F)cc3)nc(-c3c(Cl)cccc3Cl)n2O)n1. The first-order chi connectivity index (χ1) is 14.0. The number of hydrogen-bond acceptors (Lipinski definition) is 5. The molecule has 0 spiro atoms. The topological polar surface area (TPSA) is 63.8 Å². The predicted molar refractivity (Wildman–Crippen MR) is 113 cm³/mol. The lowest BCUT2D eigenvalue weighted by Crippen LogP contribution is -2.00. The largest absolute Gasteiger partial charge is 0.426 e. The van der Waals surface area contributed by atoms with Gasteiger partial charge in [-0.2, -0.15) is 4.73 Å². The molecule has 0 aliphatic heterocycles. The summed E-state index contributed by atoms with van der Waals surface area (Å²) in [6, 6.07) is 12.5. The highest BCUT2D eigenvalue weighted by Crippen LogP contribution is 2.39. The van der Waals surface area contributed by atoms with Crippen molar-refractivity contribution in [3.63, 3.8) is 0 Å². The Morgan fingerprint density at radius 1 is 1.00 bits per heavy atom. The molecule has 5 nitrogen and oxygen atoms in total. The summed E-state index contributed by atoms with van der Waals surface area (Å²) in [4.78, 5) is 13.2. The molecule has 0 amide bonds. The van der Waals surface area contributed by atoms with Crippen molar-refractivity contribution in [1.29, 1.82) is 0 Å². The lowest BCUT2D eigenvalue weighted by atomic mass is 10.1. The third-order valence-electron chi connectivity index (χ3n) is 4.22. The van der Waals surface area contributed by atoms with E-state index in [4.69, 9.17) is 23.2 Å². The predicted octanol–water partition coefficient (Wildman–Crippen LogP) is 6.08. The molecule has 4 rings (SSSR count). The van der Waals surface area contributed by atoms with Gasteiger partial charge in [-0.05, 0) is 48.7 Å². The van der Waals surface area contributed by atoms with E-state index in [-0.39, 0.29) is 11.6 Å². The number of nitrogens with zero attached hydrogens (tertiary/aromatic N) is 4. The summed E-state index contributed by atoms with van der Waals surface area (Å²) < 4.78 is 14.3. The van der Waals surface area contributed by atoms with Crippen LogP contribution in [0.4, 0.5) is 4.39 Å². The minimum absolute atomic E-state index is 0.152. The molecule has 2 heterocycles. The number of hydrogen-bond donors (Lipinski definition) is 1. The molecule has 2 aromatic carbocycles. The zero-order chi connectivity index (χ0) is 20.5. The van der Waals surface area contributed by atoms with Gasteiger partial charge in [0.15, 0.2) is 11.0 Å². The van der Waals surface area contributed by atoms with Crippen molar-refractivity contribution < 1.29 is 9.60 Å². The van der Waals surface area contributed by atoms with Crippen LogP contribution in [-0.4, -0.2) is 31.1 Å². The van der Waals surface area contributed by atoms with Crippen molar-refractivity contribution in [2.45, 2.75) is 5.16 Å². The van der Waals surface area contributed by atoms with Crippen LogP contribution < -0.4 is 0 Å². The second-order valence-electron chi connectivity index (χ2n) is 5.98. The number of halogens is 3. The highest BCUT2D eigenvalue weighted by atomic mass is 35.5. The van der Waals surface area contributed by atoms with Crippen molar-refractivity contribution in [2.24, 2.45) is 0 Å². The van der Waals surface area contributed by atoms with Gasteiger partial charge in [0.1, 0.15) is 17.2 Å². The van der Waals surface area contributed by atoms with E-state index in [0.29, 0.717) is 43.4 Å². The van der Waals surface area contributed by atoms with Crippen molar-refractivity contribution >= 4 is 35.0 Å². The van der Waals surface area contributed by atoms with Crippen LogP contribution >= 0.6 is 35.0 Å². The Kier molecular flexibility index (Phi) is 5.45. The standard InChI is InChI=1S/C20H13Cl2FN4OS/c1-29-20-24-10-9-15(25-20)18-17(11-5-7-12(23)8-6-11)26-19(27(18)28)16-13(21)3-2-4-14(16)22/h2-10,28H,1H3. The molecule has 146 valence electrons. The lowest BCUT2D eigenvalue weighted by molar-refractivity contribution is 0.195. The zero-order valence-electron chi connectivity index (χ0n) is 15.0. The molecule has 0 saturated heterocycles. The third-order valence-corrected chi connectivity index (χ3v) is 5.41. The van der Waals surface area contributed by atoms with Gasteiger partial charge in [-0.15, -0.1) is 0 Å². The number of benzene rings is 2. The van der Waals surface area contributed by atoms with E-state index in [0.717, 1.165) is 4.73 Å². The summed E-state index contributed by atoms with van der Waals surface area (Å²) in [5.41, 5.74) is 2.16. The number of rotatable bonds is 4. The van der Waals surface area contributed by atoms with E-state index < -0.39 is 0 Å². The fourth-order valence-corrected chi connectivity index (χ4v) is 3.82. The molecule has 29 heavy (non-hydrogen) atoms. The van der Waals surface area contributed by atoms with Crippen molar-refractivity contribution in [3.05, 3.63) is 70.6 Å². The van der Waals surface area contributed by atoms with Crippen LogP contribution in [0.3, 0.4) is 0 Å². The smallest absolute Gasteiger partial charge is 0.187 e. The molecular formula is C20H13Cl2FN4OS. The monoisotopic (exact) mass is 446 g/mol. The van der Waals surface area contributed by atoms with Crippen molar-refractivity contribution in [2.75, 3.05) is 6.26 Å².